The number of rotatable bonds is 4. The van der Waals surface area contributed by atoms with Crippen LogP contribution in [-0.4, -0.2) is 38.8 Å². The fourth-order valence-electron chi connectivity index (χ4n) is 2.60. The second-order valence-electron chi connectivity index (χ2n) is 6.12. The number of anilines is 1. The van der Waals surface area contributed by atoms with Crippen molar-refractivity contribution in [3.63, 3.8) is 0 Å². The minimum atomic E-state index is -1.28. The lowest BCUT2D eigenvalue weighted by Gasteiger charge is -2.19. The quantitative estimate of drug-likeness (QED) is 0.737. The Kier molecular flexibility index (Phi) is 4.21. The lowest BCUT2D eigenvalue weighted by molar-refractivity contribution is 0.0707. The molecule has 3 aromatic heterocycles. The van der Waals surface area contributed by atoms with Gasteiger partial charge >= 0.3 is 0 Å². The maximum atomic E-state index is 14.5. The van der Waals surface area contributed by atoms with E-state index in [9.17, 15) is 9.50 Å². The van der Waals surface area contributed by atoms with Crippen molar-refractivity contribution in [2.24, 2.45) is 0 Å². The van der Waals surface area contributed by atoms with Gasteiger partial charge in [0.25, 0.3) is 0 Å². The van der Waals surface area contributed by atoms with Gasteiger partial charge in [0.05, 0.1) is 30.6 Å². The summed E-state index contributed by atoms with van der Waals surface area (Å²) in [6.07, 6.45) is 2.98. The normalized spacial score (nSPS) is 11.4. The molecule has 134 valence electrons. The molecule has 2 N–H and O–H groups in total. The minimum absolute atomic E-state index is 0.00251. The predicted molar refractivity (Wildman–Crippen MR) is 92.2 cm³/mol. The summed E-state index contributed by atoms with van der Waals surface area (Å²) in [5, 5.41) is 26.4. The highest BCUT2D eigenvalue weighted by atomic mass is 19.1. The van der Waals surface area contributed by atoms with Crippen molar-refractivity contribution < 1.29 is 14.2 Å². The van der Waals surface area contributed by atoms with Crippen LogP contribution >= 0.6 is 0 Å². The van der Waals surface area contributed by atoms with Crippen molar-refractivity contribution in [2.75, 3.05) is 19.5 Å². The number of nitrogens with zero attached hydrogens (tertiary/aromatic N) is 5. The van der Waals surface area contributed by atoms with E-state index < -0.39 is 11.4 Å². The summed E-state index contributed by atoms with van der Waals surface area (Å²) in [6.45, 7) is 3.15. The zero-order chi connectivity index (χ0) is 19.1. The van der Waals surface area contributed by atoms with Gasteiger partial charge in [-0.05, 0) is 19.9 Å². The van der Waals surface area contributed by atoms with Crippen LogP contribution in [0, 0.1) is 17.1 Å². The summed E-state index contributed by atoms with van der Waals surface area (Å²) in [7, 11) is 3.06. The maximum absolute atomic E-state index is 14.5. The first-order valence-electron chi connectivity index (χ1n) is 7.74. The number of nitriles is 1. The fraction of sp³-hybridized carbons (Fsp3) is 0.294. The maximum Gasteiger partial charge on any atom is 0.165 e. The Balaban J connectivity index is 2.29. The van der Waals surface area contributed by atoms with Crippen LogP contribution in [0.25, 0.3) is 16.9 Å². The van der Waals surface area contributed by atoms with Crippen molar-refractivity contribution in [2.45, 2.75) is 19.4 Å². The van der Waals surface area contributed by atoms with Crippen LogP contribution < -0.4 is 10.1 Å². The van der Waals surface area contributed by atoms with Crippen LogP contribution in [0.5, 0.6) is 5.75 Å². The number of pyridine rings is 1. The number of methoxy groups -OCH3 is 1. The highest BCUT2D eigenvalue weighted by Gasteiger charge is 2.26. The van der Waals surface area contributed by atoms with Crippen molar-refractivity contribution in [3.8, 4) is 23.1 Å². The number of fused-ring (bicyclic) bond motifs is 1. The molecule has 0 saturated carbocycles. The standard InChI is InChI=1S/C17H17FN6O2/c1-17(2,25)14-12(26-4)8-24-16(23-14)10(7-21-24)13-11(18)5-9(6-19)15(20-3)22-13/h5,7-8,25H,1-4H3,(H,20,22). The van der Waals surface area contributed by atoms with E-state index in [1.807, 2.05) is 6.07 Å². The monoisotopic (exact) mass is 356 g/mol. The molecule has 26 heavy (non-hydrogen) atoms. The zero-order valence-electron chi connectivity index (χ0n) is 14.7. The summed E-state index contributed by atoms with van der Waals surface area (Å²) < 4.78 is 21.2. The number of ether oxygens (including phenoxy) is 1. The Labute approximate surface area is 148 Å². The third-order valence-electron chi connectivity index (χ3n) is 3.85. The SMILES string of the molecule is CNc1nc(-c2cnn3cc(OC)c(C(C)(C)O)nc23)c(F)cc1C#N. The number of hydrogen-bond donors (Lipinski definition) is 2. The first kappa shape index (κ1) is 17.6. The van der Waals surface area contributed by atoms with E-state index in [0.717, 1.165) is 6.07 Å². The highest BCUT2D eigenvalue weighted by molar-refractivity contribution is 5.77. The van der Waals surface area contributed by atoms with Crippen LogP contribution in [0.15, 0.2) is 18.5 Å². The third kappa shape index (κ3) is 2.80. The first-order chi connectivity index (χ1) is 12.3. The smallest absolute Gasteiger partial charge is 0.165 e. The lowest BCUT2D eigenvalue weighted by atomic mass is 10.0. The molecular formula is C17H17FN6O2. The Morgan fingerprint density at radius 3 is 2.69 bits per heavy atom. The molecule has 0 saturated heterocycles. The predicted octanol–water partition coefficient (Wildman–Crippen LogP) is 2.08. The molecule has 0 aliphatic heterocycles. The Morgan fingerprint density at radius 1 is 1.38 bits per heavy atom. The molecule has 0 atom stereocenters. The molecule has 3 aromatic rings. The highest BCUT2D eigenvalue weighted by Crippen LogP contribution is 2.32. The van der Waals surface area contributed by atoms with Crippen LogP contribution in [0.1, 0.15) is 25.1 Å². The Hall–Kier alpha value is -3.25. The number of aliphatic hydroxyl groups is 1. The number of aromatic nitrogens is 4. The van der Waals surface area contributed by atoms with Crippen LogP contribution in [-0.2, 0) is 5.60 Å². The summed E-state index contributed by atoms with van der Waals surface area (Å²) in [4.78, 5) is 8.62. The summed E-state index contributed by atoms with van der Waals surface area (Å²) in [5.74, 6) is -0.0684. The van der Waals surface area contributed by atoms with Gasteiger partial charge in [0.2, 0.25) is 0 Å². The summed E-state index contributed by atoms with van der Waals surface area (Å²) in [5.41, 5.74) is -0.254. The van der Waals surface area contributed by atoms with Crippen LogP contribution in [0.4, 0.5) is 10.2 Å². The van der Waals surface area contributed by atoms with Gasteiger partial charge in [-0.25, -0.2) is 18.9 Å². The van der Waals surface area contributed by atoms with Crippen molar-refractivity contribution in [1.82, 2.24) is 19.6 Å². The number of halogens is 1. The second-order valence-corrected chi connectivity index (χ2v) is 6.12. The second kappa shape index (κ2) is 6.24. The van der Waals surface area contributed by atoms with Gasteiger partial charge in [0.15, 0.2) is 17.2 Å². The van der Waals surface area contributed by atoms with Gasteiger partial charge in [-0.1, -0.05) is 0 Å². The van der Waals surface area contributed by atoms with E-state index in [2.05, 4.69) is 20.4 Å². The molecule has 0 aliphatic carbocycles. The Morgan fingerprint density at radius 2 is 2.12 bits per heavy atom. The average Bonchev–Trinajstić information content (AvgIpc) is 3.02. The van der Waals surface area contributed by atoms with E-state index in [4.69, 9.17) is 10.00 Å². The molecule has 0 spiro atoms. The van der Waals surface area contributed by atoms with Crippen molar-refractivity contribution >= 4 is 11.5 Å². The molecule has 0 unspecified atom stereocenters. The topological polar surface area (TPSA) is 108 Å². The van der Waals surface area contributed by atoms with Crippen molar-refractivity contribution in [1.29, 1.82) is 5.26 Å². The number of hydrogen-bond acceptors (Lipinski definition) is 7. The first-order valence-corrected chi connectivity index (χ1v) is 7.74. The number of nitrogens with one attached hydrogen (secondary N) is 1. The van der Waals surface area contributed by atoms with E-state index in [1.165, 1.54) is 17.8 Å². The molecule has 9 heteroatoms. The lowest BCUT2D eigenvalue weighted by Crippen LogP contribution is -2.19. The van der Waals surface area contributed by atoms with Crippen LogP contribution in [0.2, 0.25) is 0 Å². The zero-order valence-corrected chi connectivity index (χ0v) is 14.7. The molecule has 0 amide bonds. The molecule has 0 aromatic carbocycles. The minimum Gasteiger partial charge on any atom is -0.493 e. The van der Waals surface area contributed by atoms with E-state index in [0.29, 0.717) is 17.0 Å². The Bertz CT molecular complexity index is 1030. The third-order valence-corrected chi connectivity index (χ3v) is 3.85. The van der Waals surface area contributed by atoms with E-state index in [-0.39, 0.29) is 22.8 Å². The van der Waals surface area contributed by atoms with Gasteiger partial charge in [-0.2, -0.15) is 10.4 Å². The van der Waals surface area contributed by atoms with Gasteiger partial charge in [-0.15, -0.1) is 0 Å². The molecule has 0 radical (unpaired) electrons. The van der Waals surface area contributed by atoms with Gasteiger partial charge < -0.3 is 15.2 Å². The molecule has 0 fully saturated rings. The molecular weight excluding hydrogens is 339 g/mol. The molecule has 3 rings (SSSR count). The molecule has 0 bridgehead atoms. The van der Waals surface area contributed by atoms with E-state index >= 15 is 0 Å². The van der Waals surface area contributed by atoms with Gasteiger partial charge in [0, 0.05) is 7.05 Å². The van der Waals surface area contributed by atoms with Gasteiger partial charge in [0.1, 0.15) is 28.9 Å². The van der Waals surface area contributed by atoms with Gasteiger partial charge in [-0.3, -0.25) is 0 Å². The molecule has 0 aliphatic rings. The average molecular weight is 356 g/mol. The molecule has 3 heterocycles. The molecule has 8 nitrogen and oxygen atoms in total. The fourth-order valence-corrected chi connectivity index (χ4v) is 2.60. The van der Waals surface area contributed by atoms with E-state index in [1.54, 1.807) is 27.1 Å². The largest absolute Gasteiger partial charge is 0.493 e. The van der Waals surface area contributed by atoms with Crippen molar-refractivity contribution in [3.05, 3.63) is 35.5 Å². The summed E-state index contributed by atoms with van der Waals surface area (Å²) >= 11 is 0. The summed E-state index contributed by atoms with van der Waals surface area (Å²) in [6, 6.07) is 3.00. The van der Waals surface area contributed by atoms with Crippen LogP contribution in [0.3, 0.4) is 0 Å².